The fourth-order valence-corrected chi connectivity index (χ4v) is 2.27. The molecule has 1 fully saturated rings. The van der Waals surface area contributed by atoms with E-state index in [1.54, 1.807) is 13.0 Å². The van der Waals surface area contributed by atoms with Crippen LogP contribution in [0.1, 0.15) is 24.9 Å². The largest absolute Gasteiger partial charge is 0.494 e. The lowest BCUT2D eigenvalue weighted by atomic mass is 10.1. The molecule has 0 aliphatic carbocycles. The second kappa shape index (κ2) is 6.19. The van der Waals surface area contributed by atoms with E-state index in [0.29, 0.717) is 18.5 Å². The number of benzene rings is 1. The molecule has 20 heavy (non-hydrogen) atoms. The molecule has 0 bridgehead atoms. The molecular weight excluding hydrogens is 263 g/mol. The van der Waals surface area contributed by atoms with E-state index in [2.05, 4.69) is 10.6 Å². The van der Waals surface area contributed by atoms with Gasteiger partial charge < -0.3 is 20.5 Å². The van der Waals surface area contributed by atoms with Crippen LogP contribution in [0, 0.1) is 5.82 Å². The number of carbonyl (C=O) groups excluding carboxylic acids is 1. The number of rotatable bonds is 4. The summed E-state index contributed by atoms with van der Waals surface area (Å²) in [5.74, 6) is -0.473. The van der Waals surface area contributed by atoms with Gasteiger partial charge in [-0.15, -0.1) is 0 Å². The quantitative estimate of drug-likeness (QED) is 0.761. The zero-order valence-corrected chi connectivity index (χ0v) is 11.5. The van der Waals surface area contributed by atoms with Crippen molar-refractivity contribution in [2.75, 3.05) is 13.7 Å². The zero-order chi connectivity index (χ0) is 14.7. The maximum Gasteiger partial charge on any atom is 0.237 e. The van der Waals surface area contributed by atoms with E-state index >= 15 is 0 Å². The van der Waals surface area contributed by atoms with Crippen LogP contribution in [0.2, 0.25) is 0 Å². The Hall–Kier alpha value is -1.66. The van der Waals surface area contributed by atoms with Crippen molar-refractivity contribution < 1.29 is 19.0 Å². The van der Waals surface area contributed by atoms with Gasteiger partial charge in [-0.2, -0.15) is 0 Å². The normalized spacial score (nSPS) is 23.4. The standard InChI is InChI=1S/C14H19FN2O3/c1-8(9-3-4-13(20-2)11(15)5-9)17-14(19)12-6-10(18)7-16-12/h3-5,8,10,12,16,18H,6-7H2,1-2H3,(H,17,19)/t8-,10-,12-/m0/s1. The summed E-state index contributed by atoms with van der Waals surface area (Å²) >= 11 is 0. The molecule has 0 radical (unpaired) electrons. The lowest BCUT2D eigenvalue weighted by molar-refractivity contribution is -0.123. The summed E-state index contributed by atoms with van der Waals surface area (Å²) in [4.78, 5) is 12.0. The van der Waals surface area contributed by atoms with E-state index in [0.717, 1.165) is 0 Å². The Bertz CT molecular complexity index is 495. The van der Waals surface area contributed by atoms with E-state index in [4.69, 9.17) is 4.74 Å². The number of hydrogen-bond donors (Lipinski definition) is 3. The van der Waals surface area contributed by atoms with Gasteiger partial charge in [0.15, 0.2) is 11.6 Å². The molecule has 1 aromatic rings. The fraction of sp³-hybridized carbons (Fsp3) is 0.500. The molecule has 0 aromatic heterocycles. The summed E-state index contributed by atoms with van der Waals surface area (Å²) in [7, 11) is 1.40. The van der Waals surface area contributed by atoms with Crippen LogP contribution in [-0.4, -0.2) is 36.8 Å². The Kier molecular flexibility index (Phi) is 4.57. The molecule has 1 aliphatic heterocycles. The Morgan fingerprint density at radius 1 is 1.60 bits per heavy atom. The number of carbonyl (C=O) groups is 1. The minimum Gasteiger partial charge on any atom is -0.494 e. The van der Waals surface area contributed by atoms with Gasteiger partial charge >= 0.3 is 0 Å². The monoisotopic (exact) mass is 282 g/mol. The van der Waals surface area contributed by atoms with Crippen molar-refractivity contribution in [1.82, 2.24) is 10.6 Å². The van der Waals surface area contributed by atoms with Gasteiger partial charge in [0.25, 0.3) is 0 Å². The smallest absolute Gasteiger partial charge is 0.237 e. The SMILES string of the molecule is COc1ccc([C@H](C)NC(=O)[C@@H]2C[C@H](O)CN2)cc1F. The Labute approximate surface area is 117 Å². The van der Waals surface area contributed by atoms with Crippen LogP contribution in [-0.2, 0) is 4.79 Å². The summed E-state index contributed by atoms with van der Waals surface area (Å²) in [5.41, 5.74) is 0.662. The number of nitrogens with one attached hydrogen (secondary N) is 2. The van der Waals surface area contributed by atoms with Crippen molar-refractivity contribution in [2.45, 2.75) is 31.5 Å². The number of aliphatic hydroxyl groups excluding tert-OH is 1. The molecule has 3 N–H and O–H groups in total. The van der Waals surface area contributed by atoms with Gasteiger partial charge in [0, 0.05) is 6.54 Å². The minimum atomic E-state index is -0.487. The van der Waals surface area contributed by atoms with Crippen LogP contribution in [0.5, 0.6) is 5.75 Å². The molecule has 3 atom stereocenters. The molecular formula is C14H19FN2O3. The maximum atomic E-state index is 13.6. The number of amides is 1. The van der Waals surface area contributed by atoms with Crippen molar-refractivity contribution in [3.8, 4) is 5.75 Å². The first kappa shape index (κ1) is 14.7. The predicted molar refractivity (Wildman–Crippen MR) is 71.9 cm³/mol. The number of aliphatic hydroxyl groups is 1. The van der Waals surface area contributed by atoms with Crippen molar-refractivity contribution in [2.24, 2.45) is 0 Å². The minimum absolute atomic E-state index is 0.174. The van der Waals surface area contributed by atoms with Crippen molar-refractivity contribution in [3.05, 3.63) is 29.6 Å². The topological polar surface area (TPSA) is 70.6 Å². The third-order valence-corrected chi connectivity index (χ3v) is 3.46. The van der Waals surface area contributed by atoms with Crippen molar-refractivity contribution in [1.29, 1.82) is 0 Å². The molecule has 2 rings (SSSR count). The lowest BCUT2D eigenvalue weighted by Gasteiger charge is -2.18. The van der Waals surface area contributed by atoms with E-state index in [9.17, 15) is 14.3 Å². The first-order chi connectivity index (χ1) is 9.51. The highest BCUT2D eigenvalue weighted by Crippen LogP contribution is 2.22. The Morgan fingerprint density at radius 2 is 2.35 bits per heavy atom. The summed E-state index contributed by atoms with van der Waals surface area (Å²) in [6.45, 7) is 2.20. The molecule has 1 saturated heterocycles. The number of methoxy groups -OCH3 is 1. The van der Waals surface area contributed by atoms with Gasteiger partial charge in [0.05, 0.1) is 25.3 Å². The van der Waals surface area contributed by atoms with Crippen LogP contribution >= 0.6 is 0 Å². The molecule has 0 unspecified atom stereocenters. The van der Waals surface area contributed by atoms with Crippen LogP contribution in [0.15, 0.2) is 18.2 Å². The molecule has 5 nitrogen and oxygen atoms in total. The second-order valence-electron chi connectivity index (χ2n) is 4.97. The number of halogens is 1. The van der Waals surface area contributed by atoms with Gasteiger partial charge in [-0.3, -0.25) is 4.79 Å². The van der Waals surface area contributed by atoms with Gasteiger partial charge in [0.1, 0.15) is 0 Å². The molecule has 6 heteroatoms. The van der Waals surface area contributed by atoms with Crippen LogP contribution in [0.25, 0.3) is 0 Å². The molecule has 0 saturated carbocycles. The van der Waals surface area contributed by atoms with Crippen molar-refractivity contribution >= 4 is 5.91 Å². The molecule has 110 valence electrons. The third kappa shape index (κ3) is 3.26. The fourth-order valence-electron chi connectivity index (χ4n) is 2.27. The molecule has 1 aliphatic rings. The summed E-state index contributed by atoms with van der Waals surface area (Å²) in [6.07, 6.45) is -0.0882. The summed E-state index contributed by atoms with van der Waals surface area (Å²) in [6, 6.07) is 3.88. The molecule has 1 aromatic carbocycles. The Balaban J connectivity index is 1.99. The summed E-state index contributed by atoms with van der Waals surface area (Å²) in [5, 5.41) is 15.1. The third-order valence-electron chi connectivity index (χ3n) is 3.46. The number of ether oxygens (including phenoxy) is 1. The summed E-state index contributed by atoms with van der Waals surface area (Å²) < 4.78 is 18.5. The van der Waals surface area contributed by atoms with Gasteiger partial charge in [-0.25, -0.2) is 4.39 Å². The zero-order valence-electron chi connectivity index (χ0n) is 11.5. The number of hydrogen-bond acceptors (Lipinski definition) is 4. The highest BCUT2D eigenvalue weighted by atomic mass is 19.1. The van der Waals surface area contributed by atoms with E-state index in [1.165, 1.54) is 19.2 Å². The average Bonchev–Trinajstić information content (AvgIpc) is 2.85. The lowest BCUT2D eigenvalue weighted by Crippen LogP contribution is -2.41. The van der Waals surface area contributed by atoms with Gasteiger partial charge in [-0.05, 0) is 31.0 Å². The van der Waals surface area contributed by atoms with Gasteiger partial charge in [-0.1, -0.05) is 6.07 Å². The van der Waals surface area contributed by atoms with Crippen LogP contribution in [0.4, 0.5) is 4.39 Å². The highest BCUT2D eigenvalue weighted by Gasteiger charge is 2.28. The highest BCUT2D eigenvalue weighted by molar-refractivity contribution is 5.82. The van der Waals surface area contributed by atoms with Gasteiger partial charge in [0.2, 0.25) is 5.91 Å². The number of β-amino-alcohol motifs (C(OH)–C–C–N with tert-alkyl or cyclic N) is 1. The maximum absolute atomic E-state index is 13.6. The van der Waals surface area contributed by atoms with Crippen molar-refractivity contribution in [3.63, 3.8) is 0 Å². The molecule has 1 amide bonds. The molecule has 0 spiro atoms. The van der Waals surface area contributed by atoms with Crippen LogP contribution in [0.3, 0.4) is 0 Å². The van der Waals surface area contributed by atoms with Crippen LogP contribution < -0.4 is 15.4 Å². The first-order valence-corrected chi connectivity index (χ1v) is 6.56. The second-order valence-corrected chi connectivity index (χ2v) is 4.97. The Morgan fingerprint density at radius 3 is 2.90 bits per heavy atom. The average molecular weight is 282 g/mol. The molecule has 1 heterocycles. The van der Waals surface area contributed by atoms with E-state index < -0.39 is 18.0 Å². The van der Waals surface area contributed by atoms with E-state index in [1.807, 2.05) is 0 Å². The first-order valence-electron chi connectivity index (χ1n) is 6.56. The van der Waals surface area contributed by atoms with E-state index in [-0.39, 0.29) is 17.7 Å². The predicted octanol–water partition coefficient (Wildman–Crippen LogP) is 0.734.